The molecule has 0 saturated heterocycles. The van der Waals surface area contributed by atoms with E-state index in [0.29, 0.717) is 17.8 Å². The van der Waals surface area contributed by atoms with Gasteiger partial charge in [0.05, 0.1) is 17.4 Å². The van der Waals surface area contributed by atoms with Crippen LogP contribution in [0.15, 0.2) is 12.3 Å². The van der Waals surface area contributed by atoms with Crippen LogP contribution in [0.4, 0.5) is 5.69 Å². The number of nitrogens with two attached hydrogens (primary N) is 1. The van der Waals surface area contributed by atoms with E-state index in [0.717, 1.165) is 17.5 Å². The van der Waals surface area contributed by atoms with Crippen LogP contribution in [0.5, 0.6) is 0 Å². The van der Waals surface area contributed by atoms with Gasteiger partial charge in [-0.1, -0.05) is 0 Å². The summed E-state index contributed by atoms with van der Waals surface area (Å²) < 4.78 is 0. The van der Waals surface area contributed by atoms with Gasteiger partial charge in [-0.15, -0.1) is 0 Å². The van der Waals surface area contributed by atoms with Crippen molar-refractivity contribution in [2.75, 3.05) is 5.73 Å². The van der Waals surface area contributed by atoms with Gasteiger partial charge in [0.1, 0.15) is 0 Å². The van der Waals surface area contributed by atoms with Gasteiger partial charge < -0.3 is 10.8 Å². The fourth-order valence-corrected chi connectivity index (χ4v) is 5.26. The van der Waals surface area contributed by atoms with Crippen molar-refractivity contribution in [2.24, 2.45) is 23.7 Å². The molecule has 4 fully saturated rings. The standard InChI is InChI=1S/C16H20N2O2/c17-13-7-18-14(6-12(13)16(19)20)15-10-2-8-1-9(4-10)5-11(15)3-8/h6-11,15H,1-5,17H2,(H,19,20). The Morgan fingerprint density at radius 3 is 2.30 bits per heavy atom. The number of rotatable bonds is 2. The highest BCUT2D eigenvalue weighted by Crippen LogP contribution is 2.59. The van der Waals surface area contributed by atoms with Crippen LogP contribution in [-0.4, -0.2) is 16.1 Å². The minimum absolute atomic E-state index is 0.212. The maximum atomic E-state index is 11.3. The van der Waals surface area contributed by atoms with Gasteiger partial charge in [-0.25, -0.2) is 4.79 Å². The van der Waals surface area contributed by atoms with E-state index < -0.39 is 5.97 Å². The summed E-state index contributed by atoms with van der Waals surface area (Å²) in [5.74, 6) is 2.77. The molecule has 3 N–H and O–H groups in total. The van der Waals surface area contributed by atoms with E-state index in [1.165, 1.54) is 38.3 Å². The van der Waals surface area contributed by atoms with E-state index in [4.69, 9.17) is 5.73 Å². The number of hydrogen-bond donors (Lipinski definition) is 2. The second-order valence-electron chi connectivity index (χ2n) is 6.96. The van der Waals surface area contributed by atoms with Crippen LogP contribution in [0.1, 0.15) is 54.1 Å². The predicted octanol–water partition coefficient (Wildman–Crippen LogP) is 2.90. The van der Waals surface area contributed by atoms with E-state index in [9.17, 15) is 9.90 Å². The Balaban J connectivity index is 1.71. The summed E-state index contributed by atoms with van der Waals surface area (Å²) in [4.78, 5) is 15.7. The van der Waals surface area contributed by atoms with Crippen molar-refractivity contribution >= 4 is 11.7 Å². The lowest BCUT2D eigenvalue weighted by atomic mass is 9.51. The largest absolute Gasteiger partial charge is 0.478 e. The second-order valence-corrected chi connectivity index (χ2v) is 6.96. The van der Waals surface area contributed by atoms with E-state index in [2.05, 4.69) is 4.98 Å². The maximum Gasteiger partial charge on any atom is 0.337 e. The maximum absolute atomic E-state index is 11.3. The molecule has 1 aromatic rings. The topological polar surface area (TPSA) is 76.2 Å². The number of nitrogen functional groups attached to an aromatic ring is 1. The summed E-state index contributed by atoms with van der Waals surface area (Å²) in [6.45, 7) is 0. The molecule has 5 rings (SSSR count). The first-order valence-corrected chi connectivity index (χ1v) is 7.60. The molecule has 0 spiro atoms. The third kappa shape index (κ3) is 1.74. The Bertz CT molecular complexity index is 542. The zero-order valence-electron chi connectivity index (χ0n) is 11.5. The molecule has 0 atom stereocenters. The normalized spacial score (nSPS) is 38.1. The van der Waals surface area contributed by atoms with Crippen LogP contribution < -0.4 is 5.73 Å². The summed E-state index contributed by atoms with van der Waals surface area (Å²) in [5, 5.41) is 9.23. The molecule has 1 heterocycles. The third-order valence-electron chi connectivity index (χ3n) is 5.75. The Kier molecular flexibility index (Phi) is 2.56. The fraction of sp³-hybridized carbons (Fsp3) is 0.625. The van der Waals surface area contributed by atoms with Gasteiger partial charge in [-0.3, -0.25) is 4.98 Å². The molecule has 4 nitrogen and oxygen atoms in total. The fourth-order valence-electron chi connectivity index (χ4n) is 5.26. The van der Waals surface area contributed by atoms with Crippen molar-refractivity contribution in [2.45, 2.75) is 38.0 Å². The first-order valence-electron chi connectivity index (χ1n) is 7.60. The van der Waals surface area contributed by atoms with Crippen molar-refractivity contribution < 1.29 is 9.90 Å². The molecule has 0 aromatic carbocycles. The van der Waals surface area contributed by atoms with Crippen molar-refractivity contribution in [1.82, 2.24) is 4.98 Å². The molecule has 4 aliphatic carbocycles. The number of aromatic carboxylic acids is 1. The molecular formula is C16H20N2O2. The van der Waals surface area contributed by atoms with Crippen LogP contribution in [-0.2, 0) is 0 Å². The molecule has 106 valence electrons. The summed E-state index contributed by atoms with van der Waals surface area (Å²) in [7, 11) is 0. The molecule has 4 bridgehead atoms. The first kappa shape index (κ1) is 12.2. The predicted molar refractivity (Wildman–Crippen MR) is 75.4 cm³/mol. The van der Waals surface area contributed by atoms with Gasteiger partial charge in [0.2, 0.25) is 0 Å². The molecule has 0 unspecified atom stereocenters. The Labute approximate surface area is 118 Å². The van der Waals surface area contributed by atoms with E-state index in [1.54, 1.807) is 6.07 Å². The summed E-state index contributed by atoms with van der Waals surface area (Å²) in [6, 6.07) is 1.73. The van der Waals surface area contributed by atoms with Crippen LogP contribution in [0, 0.1) is 23.7 Å². The van der Waals surface area contributed by atoms with Gasteiger partial charge in [-0.2, -0.15) is 0 Å². The number of pyridine rings is 1. The van der Waals surface area contributed by atoms with Gasteiger partial charge in [-0.05, 0) is 61.8 Å². The van der Waals surface area contributed by atoms with Crippen LogP contribution >= 0.6 is 0 Å². The number of anilines is 1. The molecule has 4 heteroatoms. The summed E-state index contributed by atoms with van der Waals surface area (Å²) in [5.41, 5.74) is 7.17. The molecule has 4 aliphatic rings. The van der Waals surface area contributed by atoms with Gasteiger partial charge in [0.15, 0.2) is 0 Å². The second kappa shape index (κ2) is 4.21. The molecule has 1 aromatic heterocycles. The monoisotopic (exact) mass is 272 g/mol. The van der Waals surface area contributed by atoms with Crippen LogP contribution in [0.2, 0.25) is 0 Å². The van der Waals surface area contributed by atoms with Crippen LogP contribution in [0.25, 0.3) is 0 Å². The lowest BCUT2D eigenvalue weighted by molar-refractivity contribution is -0.00418. The smallest absolute Gasteiger partial charge is 0.337 e. The van der Waals surface area contributed by atoms with Gasteiger partial charge in [0.25, 0.3) is 0 Å². The number of hydrogen-bond acceptors (Lipinski definition) is 3. The minimum atomic E-state index is -0.949. The number of carboxylic acid groups (broad SMARTS) is 1. The SMILES string of the molecule is Nc1cnc(C2C3CC4CC(C3)CC2C4)cc1C(=O)O. The van der Waals surface area contributed by atoms with Gasteiger partial charge >= 0.3 is 5.97 Å². The molecule has 0 aliphatic heterocycles. The van der Waals surface area contributed by atoms with Crippen molar-refractivity contribution in [3.63, 3.8) is 0 Å². The minimum Gasteiger partial charge on any atom is -0.478 e. The van der Waals surface area contributed by atoms with Crippen molar-refractivity contribution in [1.29, 1.82) is 0 Å². The highest BCUT2D eigenvalue weighted by atomic mass is 16.4. The molecule has 0 amide bonds. The number of nitrogens with zero attached hydrogens (tertiary/aromatic N) is 1. The Hall–Kier alpha value is -1.58. The lowest BCUT2D eigenvalue weighted by Gasteiger charge is -2.54. The highest BCUT2D eigenvalue weighted by molar-refractivity contribution is 5.93. The molecule has 4 saturated carbocycles. The van der Waals surface area contributed by atoms with E-state index in [-0.39, 0.29) is 11.3 Å². The van der Waals surface area contributed by atoms with Crippen LogP contribution in [0.3, 0.4) is 0 Å². The molecular weight excluding hydrogens is 252 g/mol. The summed E-state index contributed by atoms with van der Waals surface area (Å²) in [6.07, 6.45) is 8.20. The lowest BCUT2D eigenvalue weighted by Crippen LogP contribution is -2.44. The van der Waals surface area contributed by atoms with Crippen molar-refractivity contribution in [3.05, 3.63) is 23.5 Å². The zero-order chi connectivity index (χ0) is 13.9. The number of carbonyl (C=O) groups is 1. The van der Waals surface area contributed by atoms with E-state index in [1.807, 2.05) is 0 Å². The molecule has 0 radical (unpaired) electrons. The quantitative estimate of drug-likeness (QED) is 0.868. The average Bonchev–Trinajstić information content (AvgIpc) is 2.38. The average molecular weight is 272 g/mol. The van der Waals surface area contributed by atoms with Crippen molar-refractivity contribution in [3.8, 4) is 0 Å². The Morgan fingerprint density at radius 1 is 1.15 bits per heavy atom. The van der Waals surface area contributed by atoms with E-state index >= 15 is 0 Å². The van der Waals surface area contributed by atoms with Gasteiger partial charge in [0, 0.05) is 11.6 Å². The Morgan fingerprint density at radius 2 is 1.75 bits per heavy atom. The molecule has 20 heavy (non-hydrogen) atoms. The first-order chi connectivity index (χ1) is 9.61. The summed E-state index contributed by atoms with van der Waals surface area (Å²) >= 11 is 0. The third-order valence-corrected chi connectivity index (χ3v) is 5.75. The number of carboxylic acids is 1. The number of aromatic nitrogens is 1. The highest BCUT2D eigenvalue weighted by Gasteiger charge is 2.49. The zero-order valence-corrected chi connectivity index (χ0v) is 11.5.